The van der Waals surface area contributed by atoms with Crippen LogP contribution in [-0.4, -0.2) is 10.8 Å². The highest BCUT2D eigenvalue weighted by Gasteiger charge is 2.34. The Morgan fingerprint density at radius 2 is 2.00 bits per heavy atom. The van der Waals surface area contributed by atoms with Gasteiger partial charge in [-0.2, -0.15) is 0 Å². The van der Waals surface area contributed by atoms with Gasteiger partial charge in [0.05, 0.1) is 10.6 Å². The normalized spacial score (nSPS) is 17.1. The van der Waals surface area contributed by atoms with Crippen molar-refractivity contribution in [1.82, 2.24) is 4.98 Å². The third-order valence-electron chi connectivity index (χ3n) is 3.40. The second-order valence-electron chi connectivity index (χ2n) is 5.86. The average Bonchev–Trinajstić information content (AvgIpc) is 2.70. The lowest BCUT2D eigenvalue weighted by molar-refractivity contribution is 0.0916. The molecule has 0 aliphatic heterocycles. The van der Waals surface area contributed by atoms with E-state index in [1.165, 1.54) is 23.5 Å². The first-order valence-corrected chi connectivity index (χ1v) is 7.16. The van der Waals surface area contributed by atoms with Crippen LogP contribution in [0.2, 0.25) is 0 Å². The molecular weight excluding hydrogens is 280 g/mol. The van der Waals surface area contributed by atoms with Crippen molar-refractivity contribution in [1.29, 1.82) is 0 Å². The second kappa shape index (κ2) is 4.45. The van der Waals surface area contributed by atoms with Gasteiger partial charge in [-0.25, -0.2) is 13.8 Å². The predicted octanol–water partition coefficient (Wildman–Crippen LogP) is 4.24. The lowest BCUT2D eigenvalue weighted by atomic mass is 9.78. The van der Waals surface area contributed by atoms with Gasteiger partial charge in [0.15, 0.2) is 5.78 Å². The van der Waals surface area contributed by atoms with E-state index < -0.39 is 11.6 Å². The zero-order valence-corrected chi connectivity index (χ0v) is 12.0. The third kappa shape index (κ3) is 2.26. The maximum absolute atomic E-state index is 13.8. The van der Waals surface area contributed by atoms with Crippen LogP contribution in [0.25, 0.3) is 10.6 Å². The van der Waals surface area contributed by atoms with Crippen molar-refractivity contribution in [2.24, 2.45) is 5.41 Å². The van der Waals surface area contributed by atoms with Crippen LogP contribution in [0.3, 0.4) is 0 Å². The Kier molecular flexibility index (Phi) is 2.97. The number of benzene rings is 1. The van der Waals surface area contributed by atoms with Crippen molar-refractivity contribution in [2.75, 3.05) is 0 Å². The summed E-state index contributed by atoms with van der Waals surface area (Å²) >= 11 is 1.19. The molecule has 1 aliphatic carbocycles. The minimum atomic E-state index is -0.650. The number of carbonyl (C=O) groups is 1. The molecule has 0 unspecified atom stereocenters. The molecule has 2 aromatic rings. The summed E-state index contributed by atoms with van der Waals surface area (Å²) in [7, 11) is 0. The van der Waals surface area contributed by atoms with Crippen LogP contribution in [-0.2, 0) is 6.42 Å². The predicted molar refractivity (Wildman–Crippen MR) is 73.9 cm³/mol. The number of thiazole rings is 1. The van der Waals surface area contributed by atoms with E-state index in [0.29, 0.717) is 22.7 Å². The minimum absolute atomic E-state index is 0.0579. The lowest BCUT2D eigenvalue weighted by Crippen LogP contribution is -2.25. The molecule has 5 heteroatoms. The number of fused-ring (bicyclic) bond motifs is 1. The standard InChI is InChI=1S/C15H13F2NOS/c1-15(2)6-11-13(12(19)7-15)20-14(18-11)9-4-3-8(16)5-10(9)17/h3-5H,6-7H2,1-2H3. The topological polar surface area (TPSA) is 30.0 Å². The van der Waals surface area contributed by atoms with Gasteiger partial charge in [-0.3, -0.25) is 4.79 Å². The molecule has 0 saturated carbocycles. The molecule has 1 aromatic carbocycles. The van der Waals surface area contributed by atoms with E-state index in [9.17, 15) is 13.6 Å². The highest BCUT2D eigenvalue weighted by molar-refractivity contribution is 7.17. The molecule has 2 nitrogen and oxygen atoms in total. The van der Waals surface area contributed by atoms with Gasteiger partial charge in [-0.15, -0.1) is 11.3 Å². The van der Waals surface area contributed by atoms with Gasteiger partial charge in [-0.1, -0.05) is 13.8 Å². The van der Waals surface area contributed by atoms with Crippen LogP contribution in [0.15, 0.2) is 18.2 Å². The number of halogens is 2. The van der Waals surface area contributed by atoms with E-state index in [4.69, 9.17) is 0 Å². The van der Waals surface area contributed by atoms with Crippen molar-refractivity contribution in [2.45, 2.75) is 26.7 Å². The number of hydrogen-bond donors (Lipinski definition) is 0. The molecule has 3 rings (SSSR count). The molecule has 0 fully saturated rings. The Balaban J connectivity index is 2.08. The molecule has 0 amide bonds. The molecule has 1 aromatic heterocycles. The molecule has 0 spiro atoms. The minimum Gasteiger partial charge on any atom is -0.293 e. The largest absolute Gasteiger partial charge is 0.293 e. The van der Waals surface area contributed by atoms with Gasteiger partial charge in [0.2, 0.25) is 0 Å². The summed E-state index contributed by atoms with van der Waals surface area (Å²) in [6.07, 6.45) is 1.18. The van der Waals surface area contributed by atoms with Gasteiger partial charge in [-0.05, 0) is 24.0 Å². The zero-order valence-electron chi connectivity index (χ0n) is 11.2. The summed E-state index contributed by atoms with van der Waals surface area (Å²) in [4.78, 5) is 17.1. The summed E-state index contributed by atoms with van der Waals surface area (Å²) in [6, 6.07) is 3.40. The molecule has 0 atom stereocenters. The first-order chi connectivity index (χ1) is 9.35. The van der Waals surface area contributed by atoms with Crippen molar-refractivity contribution >= 4 is 17.1 Å². The van der Waals surface area contributed by atoms with Crippen molar-refractivity contribution in [3.63, 3.8) is 0 Å². The quantitative estimate of drug-likeness (QED) is 0.787. The molecule has 20 heavy (non-hydrogen) atoms. The van der Waals surface area contributed by atoms with E-state index in [-0.39, 0.29) is 16.8 Å². The van der Waals surface area contributed by atoms with Gasteiger partial charge in [0, 0.05) is 18.1 Å². The van der Waals surface area contributed by atoms with E-state index in [0.717, 1.165) is 11.8 Å². The molecular formula is C15H13F2NOS. The molecule has 1 heterocycles. The summed E-state index contributed by atoms with van der Waals surface area (Å²) in [5.74, 6) is -1.21. The van der Waals surface area contributed by atoms with E-state index in [2.05, 4.69) is 4.98 Å². The van der Waals surface area contributed by atoms with Gasteiger partial charge in [0.25, 0.3) is 0 Å². The van der Waals surface area contributed by atoms with Crippen LogP contribution in [0, 0.1) is 17.0 Å². The summed E-state index contributed by atoms with van der Waals surface area (Å²) < 4.78 is 26.7. The van der Waals surface area contributed by atoms with Crippen molar-refractivity contribution in [3.05, 3.63) is 40.4 Å². The number of carbonyl (C=O) groups excluding carboxylic acids is 1. The monoisotopic (exact) mass is 293 g/mol. The van der Waals surface area contributed by atoms with Crippen LogP contribution < -0.4 is 0 Å². The molecule has 0 saturated heterocycles. The fourth-order valence-corrected chi connectivity index (χ4v) is 3.54. The number of Topliss-reactive ketones (excluding diaryl/α,β-unsaturated/α-hetero) is 1. The highest BCUT2D eigenvalue weighted by Crippen LogP contribution is 2.39. The fourth-order valence-electron chi connectivity index (χ4n) is 2.50. The van der Waals surface area contributed by atoms with E-state index in [1.54, 1.807) is 0 Å². The Labute approximate surface area is 119 Å². The van der Waals surface area contributed by atoms with Gasteiger partial charge < -0.3 is 0 Å². The summed E-state index contributed by atoms with van der Waals surface area (Å²) in [5, 5.41) is 0.443. The molecule has 0 N–H and O–H groups in total. The van der Waals surface area contributed by atoms with Crippen molar-refractivity contribution < 1.29 is 13.6 Å². The van der Waals surface area contributed by atoms with Gasteiger partial charge >= 0.3 is 0 Å². The first kappa shape index (κ1) is 13.4. The number of rotatable bonds is 1. The first-order valence-electron chi connectivity index (χ1n) is 6.34. The molecule has 1 aliphatic rings. The zero-order chi connectivity index (χ0) is 14.5. The number of nitrogens with zero attached hydrogens (tertiary/aromatic N) is 1. The van der Waals surface area contributed by atoms with Crippen molar-refractivity contribution in [3.8, 4) is 10.6 Å². The number of hydrogen-bond acceptors (Lipinski definition) is 3. The Morgan fingerprint density at radius 1 is 1.25 bits per heavy atom. The molecule has 0 bridgehead atoms. The maximum atomic E-state index is 13.8. The second-order valence-corrected chi connectivity index (χ2v) is 6.86. The molecule has 104 valence electrons. The lowest BCUT2D eigenvalue weighted by Gasteiger charge is -2.26. The summed E-state index contributed by atoms with van der Waals surface area (Å²) in [6.45, 7) is 4.04. The maximum Gasteiger partial charge on any atom is 0.175 e. The van der Waals surface area contributed by atoms with Crippen LogP contribution >= 0.6 is 11.3 Å². The Hall–Kier alpha value is -1.62. The SMILES string of the molecule is CC1(C)CC(=O)c2sc(-c3ccc(F)cc3F)nc2C1. The molecule has 0 radical (unpaired) electrons. The van der Waals surface area contributed by atoms with Crippen LogP contribution in [0.4, 0.5) is 8.78 Å². The average molecular weight is 293 g/mol. The Morgan fingerprint density at radius 3 is 2.70 bits per heavy atom. The van der Waals surface area contributed by atoms with Crippen LogP contribution in [0.5, 0.6) is 0 Å². The Bertz CT molecular complexity index is 706. The summed E-state index contributed by atoms with van der Waals surface area (Å²) in [5.41, 5.74) is 0.864. The van der Waals surface area contributed by atoms with Gasteiger partial charge in [0.1, 0.15) is 16.6 Å². The number of aromatic nitrogens is 1. The van der Waals surface area contributed by atoms with E-state index in [1.807, 2.05) is 13.8 Å². The fraction of sp³-hybridized carbons (Fsp3) is 0.333. The smallest absolute Gasteiger partial charge is 0.175 e. The number of ketones is 1. The highest BCUT2D eigenvalue weighted by atomic mass is 32.1. The van der Waals surface area contributed by atoms with E-state index >= 15 is 0 Å². The van der Waals surface area contributed by atoms with Crippen LogP contribution in [0.1, 0.15) is 35.6 Å². The third-order valence-corrected chi connectivity index (χ3v) is 4.57.